The van der Waals surface area contributed by atoms with Crippen LogP contribution in [0, 0.1) is 0 Å². The zero-order valence-corrected chi connectivity index (χ0v) is 18.0. The maximum absolute atomic E-state index is 12.8. The Balaban J connectivity index is 1.77. The average Bonchev–Trinajstić information content (AvgIpc) is 2.79. The molecule has 0 bridgehead atoms. The Morgan fingerprint density at radius 2 is 1.55 bits per heavy atom. The van der Waals surface area contributed by atoms with Gasteiger partial charge < -0.3 is 15.2 Å². The Labute approximate surface area is 185 Å². The summed E-state index contributed by atoms with van der Waals surface area (Å²) in [6, 6.07) is 17.1. The number of halogens is 1. The highest BCUT2D eigenvalue weighted by Crippen LogP contribution is 2.10. The van der Waals surface area contributed by atoms with Gasteiger partial charge in [0.15, 0.2) is 0 Å². The average molecular weight is 438 g/mol. The summed E-state index contributed by atoms with van der Waals surface area (Å²) in [7, 11) is 1.45. The first-order valence-electron chi connectivity index (χ1n) is 10.0. The number of rotatable bonds is 8. The van der Waals surface area contributed by atoms with Gasteiger partial charge in [-0.3, -0.25) is 14.4 Å². The van der Waals surface area contributed by atoms with Gasteiger partial charge in [0, 0.05) is 37.6 Å². The Morgan fingerprint density at radius 3 is 2.19 bits per heavy atom. The molecular formula is C24H24ClN3O3. The van der Waals surface area contributed by atoms with Crippen LogP contribution in [0.1, 0.15) is 38.3 Å². The molecule has 3 rings (SSSR count). The van der Waals surface area contributed by atoms with E-state index >= 15 is 0 Å². The van der Waals surface area contributed by atoms with Gasteiger partial charge in [0.1, 0.15) is 11.1 Å². The molecule has 2 aromatic carbocycles. The molecule has 0 radical (unpaired) electrons. The van der Waals surface area contributed by atoms with Gasteiger partial charge >= 0.3 is 0 Å². The summed E-state index contributed by atoms with van der Waals surface area (Å²) < 4.78 is 1.73. The number of hydrogen-bond donors (Lipinski definition) is 2. The summed E-state index contributed by atoms with van der Waals surface area (Å²) in [5, 5.41) is 5.81. The van der Waals surface area contributed by atoms with E-state index < -0.39 is 17.2 Å². The lowest BCUT2D eigenvalue weighted by Crippen LogP contribution is -2.34. The minimum atomic E-state index is -0.590. The first-order valence-corrected chi connectivity index (χ1v) is 10.4. The molecule has 0 saturated carbocycles. The molecular weight excluding hydrogens is 414 g/mol. The van der Waals surface area contributed by atoms with Crippen LogP contribution in [0.15, 0.2) is 71.8 Å². The van der Waals surface area contributed by atoms with Crippen molar-refractivity contribution in [3.63, 3.8) is 0 Å². The predicted octanol–water partition coefficient (Wildman–Crippen LogP) is 3.42. The predicted molar refractivity (Wildman–Crippen MR) is 121 cm³/mol. The molecule has 160 valence electrons. The van der Waals surface area contributed by atoms with Crippen LogP contribution in [-0.2, 0) is 19.5 Å². The van der Waals surface area contributed by atoms with E-state index in [9.17, 15) is 14.4 Å². The first kappa shape index (κ1) is 22.3. The van der Waals surface area contributed by atoms with Crippen molar-refractivity contribution in [1.82, 2.24) is 15.2 Å². The molecule has 6 nitrogen and oxygen atoms in total. The van der Waals surface area contributed by atoms with Crippen molar-refractivity contribution >= 4 is 23.4 Å². The molecule has 2 amide bonds. The quantitative estimate of drug-likeness (QED) is 0.566. The Hall–Kier alpha value is -3.38. The summed E-state index contributed by atoms with van der Waals surface area (Å²) in [6.45, 7) is 0.810. The number of amides is 2. The molecule has 0 unspecified atom stereocenters. The third kappa shape index (κ3) is 6.06. The number of carbonyl (C=O) groups is 2. The van der Waals surface area contributed by atoms with E-state index in [1.54, 1.807) is 28.8 Å². The van der Waals surface area contributed by atoms with Gasteiger partial charge in [0.25, 0.3) is 11.8 Å². The zero-order chi connectivity index (χ0) is 22.2. The van der Waals surface area contributed by atoms with Gasteiger partial charge in [-0.05, 0) is 36.1 Å². The van der Waals surface area contributed by atoms with E-state index in [0.29, 0.717) is 11.6 Å². The second-order valence-electron chi connectivity index (χ2n) is 7.13. The van der Waals surface area contributed by atoms with E-state index in [2.05, 4.69) is 22.8 Å². The van der Waals surface area contributed by atoms with Crippen molar-refractivity contribution in [2.24, 2.45) is 0 Å². The molecule has 0 fully saturated rings. The van der Waals surface area contributed by atoms with Gasteiger partial charge in [-0.2, -0.15) is 0 Å². The van der Waals surface area contributed by atoms with Crippen molar-refractivity contribution < 1.29 is 9.59 Å². The van der Waals surface area contributed by atoms with E-state index in [0.717, 1.165) is 18.4 Å². The fourth-order valence-corrected chi connectivity index (χ4v) is 3.33. The standard InChI is InChI=1S/C24H24ClN3O3/c1-26-23(30)20-15-28(13-5-8-17-6-3-2-4-7-17)16-21(22(20)29)24(31)27-14-18-9-11-19(25)12-10-18/h2-4,6-7,9-12,15-16H,5,8,13-14H2,1H3,(H,26,30)(H,27,31). The maximum Gasteiger partial charge on any atom is 0.257 e. The van der Waals surface area contributed by atoms with Gasteiger partial charge in [-0.15, -0.1) is 0 Å². The first-order chi connectivity index (χ1) is 15.0. The minimum absolute atomic E-state index is 0.0543. The summed E-state index contributed by atoms with van der Waals surface area (Å²) in [5.41, 5.74) is 1.35. The molecule has 7 heteroatoms. The normalized spacial score (nSPS) is 10.5. The lowest BCUT2D eigenvalue weighted by Gasteiger charge is -2.12. The maximum atomic E-state index is 12.8. The van der Waals surface area contributed by atoms with E-state index in [4.69, 9.17) is 11.6 Å². The van der Waals surface area contributed by atoms with E-state index in [1.165, 1.54) is 25.0 Å². The van der Waals surface area contributed by atoms with E-state index in [1.807, 2.05) is 18.2 Å². The van der Waals surface area contributed by atoms with Crippen LogP contribution in [0.3, 0.4) is 0 Å². The smallest absolute Gasteiger partial charge is 0.257 e. The van der Waals surface area contributed by atoms with Crippen molar-refractivity contribution in [3.05, 3.63) is 104 Å². The number of aromatic nitrogens is 1. The van der Waals surface area contributed by atoms with Gasteiger partial charge in [-0.25, -0.2) is 0 Å². The summed E-state index contributed by atoms with van der Waals surface area (Å²) >= 11 is 5.88. The Kier molecular flexibility index (Phi) is 7.62. The van der Waals surface area contributed by atoms with Gasteiger partial charge in [-0.1, -0.05) is 54.1 Å². The number of pyridine rings is 1. The van der Waals surface area contributed by atoms with Crippen LogP contribution in [0.2, 0.25) is 5.02 Å². The number of nitrogens with one attached hydrogen (secondary N) is 2. The van der Waals surface area contributed by atoms with Crippen LogP contribution in [0.25, 0.3) is 0 Å². The third-order valence-electron chi connectivity index (χ3n) is 4.89. The molecule has 3 aromatic rings. The highest BCUT2D eigenvalue weighted by Gasteiger charge is 2.18. The topological polar surface area (TPSA) is 80.2 Å². The van der Waals surface area contributed by atoms with Crippen molar-refractivity contribution in [3.8, 4) is 0 Å². The molecule has 31 heavy (non-hydrogen) atoms. The fourth-order valence-electron chi connectivity index (χ4n) is 3.21. The summed E-state index contributed by atoms with van der Waals surface area (Å²) in [6.07, 6.45) is 4.66. The zero-order valence-electron chi connectivity index (χ0n) is 17.2. The van der Waals surface area contributed by atoms with Crippen LogP contribution < -0.4 is 16.1 Å². The molecule has 0 saturated heterocycles. The van der Waals surface area contributed by atoms with Crippen LogP contribution in [0.4, 0.5) is 0 Å². The molecule has 0 aliphatic heterocycles. The number of benzene rings is 2. The summed E-state index contributed by atoms with van der Waals surface area (Å²) in [5.74, 6) is -1.04. The second-order valence-corrected chi connectivity index (χ2v) is 7.57. The van der Waals surface area contributed by atoms with Crippen LogP contribution in [-0.4, -0.2) is 23.4 Å². The van der Waals surface area contributed by atoms with Crippen molar-refractivity contribution in [2.45, 2.75) is 25.9 Å². The van der Waals surface area contributed by atoms with Gasteiger partial charge in [0.2, 0.25) is 5.43 Å². The molecule has 2 N–H and O–H groups in total. The number of hydrogen-bond acceptors (Lipinski definition) is 3. The highest BCUT2D eigenvalue weighted by atomic mass is 35.5. The largest absolute Gasteiger partial charge is 0.355 e. The van der Waals surface area contributed by atoms with Crippen molar-refractivity contribution in [2.75, 3.05) is 7.05 Å². The van der Waals surface area contributed by atoms with Crippen molar-refractivity contribution in [1.29, 1.82) is 0 Å². The highest BCUT2D eigenvalue weighted by molar-refractivity contribution is 6.30. The van der Waals surface area contributed by atoms with Crippen LogP contribution >= 0.6 is 11.6 Å². The lowest BCUT2D eigenvalue weighted by atomic mass is 10.1. The number of aryl methyl sites for hydroxylation is 2. The monoisotopic (exact) mass is 437 g/mol. The van der Waals surface area contributed by atoms with Crippen LogP contribution in [0.5, 0.6) is 0 Å². The number of nitrogens with zero attached hydrogens (tertiary/aromatic N) is 1. The second kappa shape index (κ2) is 10.6. The fraction of sp³-hybridized carbons (Fsp3) is 0.208. The minimum Gasteiger partial charge on any atom is -0.355 e. The molecule has 0 aliphatic rings. The SMILES string of the molecule is CNC(=O)c1cn(CCCc2ccccc2)cc(C(=O)NCc2ccc(Cl)cc2)c1=O. The molecule has 1 aromatic heterocycles. The molecule has 0 spiro atoms. The number of carbonyl (C=O) groups excluding carboxylic acids is 2. The molecule has 1 heterocycles. The lowest BCUT2D eigenvalue weighted by molar-refractivity contribution is 0.0949. The molecule has 0 aliphatic carbocycles. The Morgan fingerprint density at radius 1 is 0.903 bits per heavy atom. The third-order valence-corrected chi connectivity index (χ3v) is 5.14. The van der Waals surface area contributed by atoms with E-state index in [-0.39, 0.29) is 17.7 Å². The Bertz CT molecular complexity index is 1110. The van der Waals surface area contributed by atoms with Gasteiger partial charge in [0.05, 0.1) is 0 Å². The summed E-state index contributed by atoms with van der Waals surface area (Å²) in [4.78, 5) is 37.7. The molecule has 0 atom stereocenters.